The maximum atomic E-state index is 13.7. The maximum absolute atomic E-state index is 13.7. The van der Waals surface area contributed by atoms with Crippen LogP contribution in [0.4, 0.5) is 0 Å². The van der Waals surface area contributed by atoms with Gasteiger partial charge < -0.3 is 4.57 Å². The minimum absolute atomic E-state index is 0.0135. The smallest absolute Gasteiger partial charge is 0.267 e. The van der Waals surface area contributed by atoms with Crippen molar-refractivity contribution >= 4 is 55.7 Å². The number of carbonyl (C=O) groups is 1. The van der Waals surface area contributed by atoms with Crippen LogP contribution in [0.15, 0.2) is 130 Å². The van der Waals surface area contributed by atoms with E-state index in [0.717, 1.165) is 43.8 Å². The molecule has 0 aliphatic carbocycles. The Morgan fingerprint density at radius 1 is 0.744 bits per heavy atom. The topological polar surface area (TPSA) is 37.6 Å². The van der Waals surface area contributed by atoms with E-state index in [1.165, 1.54) is 17.3 Å². The van der Waals surface area contributed by atoms with Crippen LogP contribution >= 0.6 is 27.7 Å². The zero-order valence-electron chi connectivity index (χ0n) is 21.2. The Morgan fingerprint density at radius 2 is 1.38 bits per heavy atom. The van der Waals surface area contributed by atoms with Crippen molar-refractivity contribution in [3.05, 3.63) is 147 Å². The van der Waals surface area contributed by atoms with E-state index in [4.69, 9.17) is 4.99 Å². The number of halogens is 1. The standard InChI is InChI=1S/C33H26BrN3OS/c34-28-17-15-26(16-18-28)21-36-23-27(29-13-7-8-14-30(29)36)19-31-32(38)37(22-25-11-5-2-6-12-25)33(39-31)35-20-24-9-3-1-4-10-24/h1-19,23H,20-22H2/b31-19+,35-33?. The second kappa shape index (κ2) is 11.5. The lowest BCUT2D eigenvalue weighted by Crippen LogP contribution is -2.28. The fraction of sp³-hybridized carbons (Fsp3) is 0.0909. The molecule has 0 radical (unpaired) electrons. The second-order valence-corrected chi connectivity index (χ2v) is 11.4. The molecule has 5 aromatic rings. The van der Waals surface area contributed by atoms with E-state index < -0.39 is 0 Å². The molecule has 0 spiro atoms. The summed E-state index contributed by atoms with van der Waals surface area (Å²) in [5, 5.41) is 1.86. The summed E-state index contributed by atoms with van der Waals surface area (Å²) in [6, 6.07) is 37.0. The number of hydrogen-bond acceptors (Lipinski definition) is 3. The normalized spacial score (nSPS) is 15.6. The van der Waals surface area contributed by atoms with Crippen molar-refractivity contribution in [3.8, 4) is 0 Å². The first-order valence-corrected chi connectivity index (χ1v) is 14.4. The van der Waals surface area contributed by atoms with Crippen LogP contribution in [0.1, 0.15) is 22.3 Å². The molecule has 6 rings (SSSR count). The van der Waals surface area contributed by atoms with Gasteiger partial charge in [-0.3, -0.25) is 14.7 Å². The monoisotopic (exact) mass is 591 g/mol. The lowest BCUT2D eigenvalue weighted by Gasteiger charge is -2.15. The van der Waals surface area contributed by atoms with Crippen LogP contribution in [-0.4, -0.2) is 20.5 Å². The Hall–Kier alpha value is -3.87. The van der Waals surface area contributed by atoms with Crippen molar-refractivity contribution in [3.63, 3.8) is 0 Å². The lowest BCUT2D eigenvalue weighted by molar-refractivity contribution is -0.122. The van der Waals surface area contributed by atoms with Gasteiger partial charge in [-0.25, -0.2) is 0 Å². The Morgan fingerprint density at radius 3 is 2.13 bits per heavy atom. The van der Waals surface area contributed by atoms with Crippen LogP contribution in [0.25, 0.3) is 17.0 Å². The van der Waals surface area contributed by atoms with Gasteiger partial charge in [-0.2, -0.15) is 0 Å². The number of amidine groups is 1. The van der Waals surface area contributed by atoms with E-state index in [1.54, 1.807) is 4.90 Å². The quantitative estimate of drug-likeness (QED) is 0.179. The van der Waals surface area contributed by atoms with Crippen molar-refractivity contribution < 1.29 is 4.79 Å². The van der Waals surface area contributed by atoms with Crippen molar-refractivity contribution in [1.29, 1.82) is 0 Å². The summed E-state index contributed by atoms with van der Waals surface area (Å²) in [5.74, 6) is -0.0135. The van der Waals surface area contributed by atoms with E-state index in [0.29, 0.717) is 18.0 Å². The van der Waals surface area contributed by atoms with E-state index in [2.05, 4.69) is 81.3 Å². The highest BCUT2D eigenvalue weighted by Gasteiger charge is 2.33. The van der Waals surface area contributed by atoms with Crippen molar-refractivity contribution in [2.75, 3.05) is 0 Å². The van der Waals surface area contributed by atoms with E-state index in [-0.39, 0.29) is 5.91 Å². The molecular formula is C33H26BrN3OS. The van der Waals surface area contributed by atoms with E-state index >= 15 is 0 Å². The predicted octanol–water partition coefficient (Wildman–Crippen LogP) is 8.12. The van der Waals surface area contributed by atoms with Gasteiger partial charge in [0.05, 0.1) is 18.0 Å². The van der Waals surface area contributed by atoms with Gasteiger partial charge in [0.2, 0.25) is 0 Å². The van der Waals surface area contributed by atoms with Gasteiger partial charge in [-0.1, -0.05) is 107 Å². The van der Waals surface area contributed by atoms with Crippen LogP contribution in [-0.2, 0) is 24.4 Å². The number of thioether (sulfide) groups is 1. The molecule has 1 saturated heterocycles. The molecule has 192 valence electrons. The van der Waals surface area contributed by atoms with E-state index in [9.17, 15) is 4.79 Å². The number of aromatic nitrogens is 1. The second-order valence-electron chi connectivity index (χ2n) is 9.43. The molecule has 0 unspecified atom stereocenters. The van der Waals surface area contributed by atoms with Gasteiger partial charge in [0.15, 0.2) is 5.17 Å². The number of fused-ring (bicyclic) bond motifs is 1. The highest BCUT2D eigenvalue weighted by atomic mass is 79.9. The van der Waals surface area contributed by atoms with Gasteiger partial charge >= 0.3 is 0 Å². The summed E-state index contributed by atoms with van der Waals surface area (Å²) in [5.41, 5.74) is 5.58. The zero-order chi connectivity index (χ0) is 26.6. The first-order valence-electron chi connectivity index (χ1n) is 12.8. The molecule has 0 saturated carbocycles. The van der Waals surface area contributed by atoms with Crippen molar-refractivity contribution in [2.24, 2.45) is 4.99 Å². The average molecular weight is 593 g/mol. The van der Waals surface area contributed by atoms with Crippen LogP contribution < -0.4 is 0 Å². The third kappa shape index (κ3) is 5.77. The summed E-state index contributed by atoms with van der Waals surface area (Å²) in [4.78, 5) is 21.1. The Balaban J connectivity index is 1.34. The fourth-order valence-corrected chi connectivity index (χ4v) is 5.95. The molecule has 0 atom stereocenters. The van der Waals surface area contributed by atoms with Gasteiger partial charge in [-0.15, -0.1) is 0 Å². The molecule has 6 heteroatoms. The largest absolute Gasteiger partial charge is 0.342 e. The molecule has 2 heterocycles. The number of para-hydroxylation sites is 1. The molecule has 0 bridgehead atoms. The van der Waals surface area contributed by atoms with Gasteiger partial charge in [0.25, 0.3) is 5.91 Å². The number of benzene rings is 4. The molecule has 1 aliphatic heterocycles. The average Bonchev–Trinajstić information content (AvgIpc) is 3.46. The molecule has 4 nitrogen and oxygen atoms in total. The molecule has 39 heavy (non-hydrogen) atoms. The summed E-state index contributed by atoms with van der Waals surface area (Å²) in [7, 11) is 0. The molecule has 0 N–H and O–H groups in total. The van der Waals surface area contributed by atoms with Gasteiger partial charge in [-0.05, 0) is 52.7 Å². The Labute approximate surface area is 240 Å². The SMILES string of the molecule is O=C1/C(=C\c2cn(Cc3ccc(Br)cc3)c3ccccc23)SC(=NCc2ccccc2)N1Cc1ccccc1. The zero-order valence-corrected chi connectivity index (χ0v) is 23.6. The number of aliphatic imine (C=N–C) groups is 1. The fourth-order valence-electron chi connectivity index (χ4n) is 4.72. The molecule has 1 fully saturated rings. The molecule has 1 aliphatic rings. The summed E-state index contributed by atoms with van der Waals surface area (Å²) in [6.45, 7) is 1.77. The lowest BCUT2D eigenvalue weighted by atomic mass is 10.1. The molecular weight excluding hydrogens is 566 g/mol. The Bertz CT molecular complexity index is 1680. The van der Waals surface area contributed by atoms with Crippen LogP contribution in [0.5, 0.6) is 0 Å². The third-order valence-electron chi connectivity index (χ3n) is 6.68. The molecule has 4 aromatic carbocycles. The number of nitrogens with zero attached hydrogens (tertiary/aromatic N) is 3. The van der Waals surface area contributed by atoms with Crippen LogP contribution in [0.3, 0.4) is 0 Å². The maximum Gasteiger partial charge on any atom is 0.267 e. The predicted molar refractivity (Wildman–Crippen MR) is 165 cm³/mol. The van der Waals surface area contributed by atoms with Gasteiger partial charge in [0, 0.05) is 33.7 Å². The Kier molecular flexibility index (Phi) is 7.48. The highest BCUT2D eigenvalue weighted by Crippen LogP contribution is 2.35. The number of carbonyl (C=O) groups excluding carboxylic acids is 1. The highest BCUT2D eigenvalue weighted by molar-refractivity contribution is 9.10. The third-order valence-corrected chi connectivity index (χ3v) is 8.26. The van der Waals surface area contributed by atoms with E-state index in [1.807, 2.05) is 60.7 Å². The minimum Gasteiger partial charge on any atom is -0.342 e. The van der Waals surface area contributed by atoms with Gasteiger partial charge in [0.1, 0.15) is 0 Å². The number of amides is 1. The van der Waals surface area contributed by atoms with Crippen molar-refractivity contribution in [2.45, 2.75) is 19.6 Å². The first-order chi connectivity index (χ1) is 19.1. The van der Waals surface area contributed by atoms with Crippen LogP contribution in [0.2, 0.25) is 0 Å². The van der Waals surface area contributed by atoms with Crippen LogP contribution in [0, 0.1) is 0 Å². The summed E-state index contributed by atoms with van der Waals surface area (Å²) >= 11 is 4.98. The summed E-state index contributed by atoms with van der Waals surface area (Å²) < 4.78 is 3.32. The first kappa shape index (κ1) is 25.4. The molecule has 1 aromatic heterocycles. The number of rotatable bonds is 7. The number of hydrogen-bond donors (Lipinski definition) is 0. The van der Waals surface area contributed by atoms with Crippen molar-refractivity contribution in [1.82, 2.24) is 9.47 Å². The minimum atomic E-state index is -0.0135. The summed E-state index contributed by atoms with van der Waals surface area (Å²) in [6.07, 6.45) is 4.17. The molecule has 1 amide bonds.